The van der Waals surface area contributed by atoms with Crippen LogP contribution in [0.5, 0.6) is 0 Å². The van der Waals surface area contributed by atoms with Crippen LogP contribution in [0, 0.1) is 17.3 Å². The molecule has 1 saturated carbocycles. The minimum Gasteiger partial charge on any atom is -0.103 e. The van der Waals surface area contributed by atoms with Crippen molar-refractivity contribution in [1.82, 2.24) is 0 Å². The molecule has 0 atom stereocenters. The number of hydrogen-bond donors (Lipinski definition) is 0. The Morgan fingerprint density at radius 1 is 1.12 bits per heavy atom. The van der Waals surface area contributed by atoms with Crippen molar-refractivity contribution in [3.05, 3.63) is 48.6 Å². The second-order valence-electron chi connectivity index (χ2n) is 4.95. The van der Waals surface area contributed by atoms with Crippen LogP contribution in [0.25, 0.3) is 0 Å². The van der Waals surface area contributed by atoms with Crippen LogP contribution in [-0.2, 0) is 0 Å². The quantitative estimate of drug-likeness (QED) is 0.510. The van der Waals surface area contributed by atoms with Gasteiger partial charge < -0.3 is 0 Å². The standard InChI is InChI=1S/C17H20/c1-2-12-17(13-7-4-8-14-17)15-11-16-9-5-3-6-10-16/h2-3,5-6,9-10H,1,4,7-8,12-14H2. The molecule has 2 rings (SSSR count). The maximum absolute atomic E-state index is 3.89. The summed E-state index contributed by atoms with van der Waals surface area (Å²) in [6.45, 7) is 3.89. The largest absolute Gasteiger partial charge is 0.103 e. The van der Waals surface area contributed by atoms with Crippen LogP contribution in [0.3, 0.4) is 0 Å². The van der Waals surface area contributed by atoms with Crippen molar-refractivity contribution in [2.75, 3.05) is 0 Å². The van der Waals surface area contributed by atoms with Crippen molar-refractivity contribution in [3.8, 4) is 11.8 Å². The molecule has 17 heavy (non-hydrogen) atoms. The zero-order valence-electron chi connectivity index (χ0n) is 10.4. The van der Waals surface area contributed by atoms with Gasteiger partial charge in [-0.1, -0.05) is 55.4 Å². The van der Waals surface area contributed by atoms with Gasteiger partial charge in [0.15, 0.2) is 0 Å². The second-order valence-corrected chi connectivity index (χ2v) is 4.95. The Kier molecular flexibility index (Phi) is 4.04. The first-order valence-electron chi connectivity index (χ1n) is 6.54. The van der Waals surface area contributed by atoms with E-state index in [1.165, 1.54) is 32.1 Å². The molecule has 0 unspecified atom stereocenters. The lowest BCUT2D eigenvalue weighted by Crippen LogP contribution is -2.21. The molecule has 0 aliphatic heterocycles. The maximum atomic E-state index is 3.89. The summed E-state index contributed by atoms with van der Waals surface area (Å²) in [5, 5.41) is 0. The molecule has 0 aromatic heterocycles. The lowest BCUT2D eigenvalue weighted by Gasteiger charge is -2.31. The van der Waals surface area contributed by atoms with Gasteiger partial charge >= 0.3 is 0 Å². The summed E-state index contributed by atoms with van der Waals surface area (Å²) < 4.78 is 0. The van der Waals surface area contributed by atoms with Crippen LogP contribution in [0.15, 0.2) is 43.0 Å². The lowest BCUT2D eigenvalue weighted by atomic mass is 9.72. The number of rotatable bonds is 2. The minimum atomic E-state index is 0.204. The van der Waals surface area contributed by atoms with Gasteiger partial charge in [0.05, 0.1) is 0 Å². The van der Waals surface area contributed by atoms with Crippen molar-refractivity contribution in [2.45, 2.75) is 38.5 Å². The molecule has 0 nitrogen and oxygen atoms in total. The molecule has 0 heteroatoms. The topological polar surface area (TPSA) is 0 Å². The van der Waals surface area contributed by atoms with E-state index in [1.54, 1.807) is 0 Å². The molecular formula is C17H20. The van der Waals surface area contributed by atoms with Gasteiger partial charge in [-0.2, -0.15) is 0 Å². The van der Waals surface area contributed by atoms with Crippen molar-refractivity contribution in [3.63, 3.8) is 0 Å². The van der Waals surface area contributed by atoms with Crippen molar-refractivity contribution in [1.29, 1.82) is 0 Å². The molecule has 0 amide bonds. The first kappa shape index (κ1) is 12.0. The Hall–Kier alpha value is -1.48. The highest BCUT2D eigenvalue weighted by molar-refractivity contribution is 5.35. The molecule has 0 radical (unpaired) electrons. The highest BCUT2D eigenvalue weighted by Gasteiger charge is 2.28. The Morgan fingerprint density at radius 3 is 2.47 bits per heavy atom. The highest BCUT2D eigenvalue weighted by atomic mass is 14.3. The zero-order valence-corrected chi connectivity index (χ0v) is 10.4. The van der Waals surface area contributed by atoms with E-state index in [2.05, 4.69) is 30.6 Å². The average Bonchev–Trinajstić information content (AvgIpc) is 2.39. The zero-order chi connectivity index (χ0) is 12.0. The van der Waals surface area contributed by atoms with Crippen LogP contribution >= 0.6 is 0 Å². The van der Waals surface area contributed by atoms with Gasteiger partial charge in [0.25, 0.3) is 0 Å². The summed E-state index contributed by atoms with van der Waals surface area (Å²) in [5.74, 6) is 6.87. The van der Waals surface area contributed by atoms with E-state index in [9.17, 15) is 0 Å². The van der Waals surface area contributed by atoms with Crippen molar-refractivity contribution >= 4 is 0 Å². The van der Waals surface area contributed by atoms with E-state index in [1.807, 2.05) is 24.3 Å². The van der Waals surface area contributed by atoms with E-state index < -0.39 is 0 Å². The molecule has 0 spiro atoms. The van der Waals surface area contributed by atoms with Crippen molar-refractivity contribution in [2.24, 2.45) is 5.41 Å². The number of hydrogen-bond acceptors (Lipinski definition) is 0. The molecule has 1 aromatic carbocycles. The van der Waals surface area contributed by atoms with E-state index in [4.69, 9.17) is 0 Å². The van der Waals surface area contributed by atoms with Gasteiger partial charge in [-0.25, -0.2) is 0 Å². The predicted octanol–water partition coefficient (Wildman–Crippen LogP) is 4.56. The smallest absolute Gasteiger partial charge is 0.0352 e. The van der Waals surface area contributed by atoms with Crippen LogP contribution < -0.4 is 0 Å². The minimum absolute atomic E-state index is 0.204. The molecule has 0 heterocycles. The summed E-state index contributed by atoms with van der Waals surface area (Å²) in [6.07, 6.45) is 9.54. The second kappa shape index (κ2) is 5.73. The van der Waals surface area contributed by atoms with Gasteiger partial charge in [0, 0.05) is 11.0 Å². The summed E-state index contributed by atoms with van der Waals surface area (Å²) in [7, 11) is 0. The molecule has 1 fully saturated rings. The Bertz CT molecular complexity index is 410. The SMILES string of the molecule is C=CCC1(C#Cc2ccccc2)CCCCC1. The number of allylic oxidation sites excluding steroid dienone is 1. The van der Waals surface area contributed by atoms with E-state index >= 15 is 0 Å². The van der Waals surface area contributed by atoms with Crippen LogP contribution in [0.1, 0.15) is 44.1 Å². The Balaban J connectivity index is 2.18. The molecule has 1 aliphatic carbocycles. The summed E-state index contributed by atoms with van der Waals surface area (Å²) in [5.41, 5.74) is 1.33. The van der Waals surface area contributed by atoms with Crippen LogP contribution in [0.2, 0.25) is 0 Å². The van der Waals surface area contributed by atoms with E-state index in [-0.39, 0.29) is 5.41 Å². The fraction of sp³-hybridized carbons (Fsp3) is 0.412. The molecule has 0 bridgehead atoms. The third-order valence-corrected chi connectivity index (χ3v) is 3.59. The molecular weight excluding hydrogens is 204 g/mol. The predicted molar refractivity (Wildman–Crippen MR) is 73.7 cm³/mol. The molecule has 88 valence electrons. The lowest BCUT2D eigenvalue weighted by molar-refractivity contribution is 0.274. The third-order valence-electron chi connectivity index (χ3n) is 3.59. The van der Waals surface area contributed by atoms with Gasteiger partial charge in [0.1, 0.15) is 0 Å². The summed E-state index contributed by atoms with van der Waals surface area (Å²) in [6, 6.07) is 10.3. The third kappa shape index (κ3) is 3.24. The Labute approximate surface area is 105 Å². The molecule has 0 N–H and O–H groups in total. The van der Waals surface area contributed by atoms with Gasteiger partial charge in [-0.05, 0) is 31.4 Å². The number of benzene rings is 1. The van der Waals surface area contributed by atoms with E-state index in [0.717, 1.165) is 12.0 Å². The van der Waals surface area contributed by atoms with Crippen LogP contribution in [0.4, 0.5) is 0 Å². The molecule has 1 aliphatic rings. The highest BCUT2D eigenvalue weighted by Crippen LogP contribution is 2.39. The summed E-state index contributed by atoms with van der Waals surface area (Å²) in [4.78, 5) is 0. The monoisotopic (exact) mass is 224 g/mol. The average molecular weight is 224 g/mol. The van der Waals surface area contributed by atoms with Gasteiger partial charge in [-0.3, -0.25) is 0 Å². The van der Waals surface area contributed by atoms with E-state index in [0.29, 0.717) is 0 Å². The molecule has 0 saturated heterocycles. The van der Waals surface area contributed by atoms with Gasteiger partial charge in [-0.15, -0.1) is 6.58 Å². The molecule has 1 aromatic rings. The van der Waals surface area contributed by atoms with Gasteiger partial charge in [0.2, 0.25) is 0 Å². The fourth-order valence-electron chi connectivity index (χ4n) is 2.61. The fourth-order valence-corrected chi connectivity index (χ4v) is 2.61. The normalized spacial score (nSPS) is 17.9. The first-order chi connectivity index (χ1) is 8.35. The van der Waals surface area contributed by atoms with Crippen LogP contribution in [-0.4, -0.2) is 0 Å². The summed E-state index contributed by atoms with van der Waals surface area (Å²) >= 11 is 0. The maximum Gasteiger partial charge on any atom is 0.0352 e. The first-order valence-corrected chi connectivity index (χ1v) is 6.54. The van der Waals surface area contributed by atoms with Crippen molar-refractivity contribution < 1.29 is 0 Å². The Morgan fingerprint density at radius 2 is 1.82 bits per heavy atom.